The first-order valence-electron chi connectivity index (χ1n) is 4.40. The summed E-state index contributed by atoms with van der Waals surface area (Å²) in [6.45, 7) is 5.78. The molecule has 13 heavy (non-hydrogen) atoms. The van der Waals surface area contributed by atoms with Gasteiger partial charge in [0.1, 0.15) is 12.5 Å². The number of esters is 1. The highest BCUT2D eigenvalue weighted by Gasteiger charge is 2.21. The Morgan fingerprint density at radius 3 is 2.31 bits per heavy atom. The number of hydrogen-bond donors (Lipinski definition) is 0. The van der Waals surface area contributed by atoms with E-state index in [0.717, 1.165) is 0 Å². The number of hydrogen-bond acceptors (Lipinski definition) is 4. The van der Waals surface area contributed by atoms with Crippen LogP contribution in [0.4, 0.5) is 0 Å². The maximum Gasteiger partial charge on any atom is 0.316 e. The van der Waals surface area contributed by atoms with Crippen molar-refractivity contribution in [2.24, 2.45) is 5.92 Å². The van der Waals surface area contributed by atoms with Crippen LogP contribution in [0.15, 0.2) is 0 Å². The number of rotatable bonds is 6. The first-order chi connectivity index (χ1) is 6.13. The van der Waals surface area contributed by atoms with Crippen LogP contribution < -0.4 is 0 Å². The van der Waals surface area contributed by atoms with Gasteiger partial charge < -0.3 is 9.47 Å². The molecule has 76 valence electrons. The molecule has 1 atom stereocenters. The molecular formula is C9H16O4. The lowest BCUT2D eigenvalue weighted by Crippen LogP contribution is -2.26. The average molecular weight is 188 g/mol. The van der Waals surface area contributed by atoms with Gasteiger partial charge in [0.15, 0.2) is 5.78 Å². The SMILES string of the molecule is CCOCC(=O)[C@@H](C)C(=O)OCC. The third-order valence-corrected chi connectivity index (χ3v) is 1.57. The summed E-state index contributed by atoms with van der Waals surface area (Å²) in [5.41, 5.74) is 0. The summed E-state index contributed by atoms with van der Waals surface area (Å²) in [6.07, 6.45) is 0. The van der Waals surface area contributed by atoms with Gasteiger partial charge in [-0.2, -0.15) is 0 Å². The average Bonchev–Trinajstić information content (AvgIpc) is 2.13. The van der Waals surface area contributed by atoms with Crippen LogP contribution in [0.2, 0.25) is 0 Å². The highest BCUT2D eigenvalue weighted by atomic mass is 16.5. The Balaban J connectivity index is 3.87. The quantitative estimate of drug-likeness (QED) is 0.457. The molecule has 0 amide bonds. The molecule has 0 unspecified atom stereocenters. The Kier molecular flexibility index (Phi) is 6.14. The maximum atomic E-state index is 11.2. The van der Waals surface area contributed by atoms with Gasteiger partial charge in [0.05, 0.1) is 6.61 Å². The summed E-state index contributed by atoms with van der Waals surface area (Å²) in [4.78, 5) is 22.2. The van der Waals surface area contributed by atoms with Crippen molar-refractivity contribution in [3.63, 3.8) is 0 Å². The largest absolute Gasteiger partial charge is 0.465 e. The molecule has 0 N–H and O–H groups in total. The Labute approximate surface area is 78.2 Å². The number of carbonyl (C=O) groups is 2. The molecular weight excluding hydrogens is 172 g/mol. The summed E-state index contributed by atoms with van der Waals surface area (Å²) in [5.74, 6) is -1.43. The van der Waals surface area contributed by atoms with Crippen molar-refractivity contribution in [1.29, 1.82) is 0 Å². The third kappa shape index (κ3) is 4.62. The second-order valence-corrected chi connectivity index (χ2v) is 2.58. The second-order valence-electron chi connectivity index (χ2n) is 2.58. The highest BCUT2D eigenvalue weighted by Crippen LogP contribution is 2.00. The molecule has 0 aromatic heterocycles. The van der Waals surface area contributed by atoms with E-state index in [1.54, 1.807) is 13.8 Å². The molecule has 0 aromatic carbocycles. The van der Waals surface area contributed by atoms with Crippen LogP contribution >= 0.6 is 0 Å². The molecule has 0 aliphatic rings. The van der Waals surface area contributed by atoms with E-state index in [1.807, 2.05) is 0 Å². The molecule has 0 aliphatic heterocycles. The van der Waals surface area contributed by atoms with E-state index in [9.17, 15) is 9.59 Å². The molecule has 0 aliphatic carbocycles. The van der Waals surface area contributed by atoms with Crippen molar-refractivity contribution < 1.29 is 19.1 Å². The minimum Gasteiger partial charge on any atom is -0.465 e. The van der Waals surface area contributed by atoms with Crippen molar-refractivity contribution in [2.45, 2.75) is 20.8 Å². The van der Waals surface area contributed by atoms with Crippen LogP contribution in [-0.4, -0.2) is 31.6 Å². The lowest BCUT2D eigenvalue weighted by molar-refractivity contribution is -0.151. The van der Waals surface area contributed by atoms with Gasteiger partial charge >= 0.3 is 5.97 Å². The fraction of sp³-hybridized carbons (Fsp3) is 0.778. The van der Waals surface area contributed by atoms with Gasteiger partial charge in [-0.05, 0) is 20.8 Å². The van der Waals surface area contributed by atoms with Crippen LogP contribution in [0.25, 0.3) is 0 Å². The molecule has 0 fully saturated rings. The van der Waals surface area contributed by atoms with E-state index < -0.39 is 11.9 Å². The van der Waals surface area contributed by atoms with Gasteiger partial charge in [-0.15, -0.1) is 0 Å². The maximum absolute atomic E-state index is 11.2. The molecule has 0 aromatic rings. The van der Waals surface area contributed by atoms with E-state index in [-0.39, 0.29) is 12.4 Å². The van der Waals surface area contributed by atoms with Crippen molar-refractivity contribution in [2.75, 3.05) is 19.8 Å². The minimum atomic E-state index is -0.716. The zero-order chi connectivity index (χ0) is 10.3. The van der Waals surface area contributed by atoms with Gasteiger partial charge in [-0.1, -0.05) is 0 Å². The Morgan fingerprint density at radius 1 is 1.23 bits per heavy atom. The lowest BCUT2D eigenvalue weighted by atomic mass is 10.1. The predicted octanol–water partition coefficient (Wildman–Crippen LogP) is 0.791. The fourth-order valence-electron chi connectivity index (χ4n) is 0.726. The van der Waals surface area contributed by atoms with E-state index in [1.165, 1.54) is 6.92 Å². The molecule has 0 spiro atoms. The predicted molar refractivity (Wildman–Crippen MR) is 47.3 cm³/mol. The molecule has 4 heteroatoms. The summed E-state index contributed by atoms with van der Waals surface area (Å²) in [7, 11) is 0. The molecule has 0 heterocycles. The number of carbonyl (C=O) groups excluding carboxylic acids is 2. The van der Waals surface area contributed by atoms with Crippen molar-refractivity contribution >= 4 is 11.8 Å². The lowest BCUT2D eigenvalue weighted by Gasteiger charge is -2.08. The molecule has 0 saturated carbocycles. The molecule has 0 bridgehead atoms. The minimum absolute atomic E-state index is 0.0174. The van der Waals surface area contributed by atoms with Crippen molar-refractivity contribution in [3.05, 3.63) is 0 Å². The second kappa shape index (κ2) is 6.60. The Morgan fingerprint density at radius 2 is 1.85 bits per heavy atom. The monoisotopic (exact) mass is 188 g/mol. The standard InChI is InChI=1S/C9H16O4/c1-4-12-6-8(10)7(3)9(11)13-5-2/h7H,4-6H2,1-3H3/t7-/m1/s1. The molecule has 0 radical (unpaired) electrons. The van der Waals surface area contributed by atoms with Crippen molar-refractivity contribution in [3.8, 4) is 0 Å². The Bertz CT molecular complexity index is 176. The van der Waals surface area contributed by atoms with E-state index >= 15 is 0 Å². The smallest absolute Gasteiger partial charge is 0.316 e. The van der Waals surface area contributed by atoms with Crippen LogP contribution in [0.5, 0.6) is 0 Å². The number of ether oxygens (including phenoxy) is 2. The normalized spacial score (nSPS) is 12.2. The molecule has 0 saturated heterocycles. The van der Waals surface area contributed by atoms with E-state index in [4.69, 9.17) is 4.74 Å². The van der Waals surface area contributed by atoms with Gasteiger partial charge in [-0.25, -0.2) is 0 Å². The van der Waals surface area contributed by atoms with E-state index in [0.29, 0.717) is 13.2 Å². The van der Waals surface area contributed by atoms with Gasteiger partial charge in [-0.3, -0.25) is 9.59 Å². The molecule has 4 nitrogen and oxygen atoms in total. The van der Waals surface area contributed by atoms with Crippen LogP contribution in [0.3, 0.4) is 0 Å². The van der Waals surface area contributed by atoms with E-state index in [2.05, 4.69) is 4.74 Å². The fourth-order valence-corrected chi connectivity index (χ4v) is 0.726. The number of ketones is 1. The highest BCUT2D eigenvalue weighted by molar-refractivity contribution is 5.99. The topological polar surface area (TPSA) is 52.6 Å². The first-order valence-corrected chi connectivity index (χ1v) is 4.40. The van der Waals surface area contributed by atoms with Gasteiger partial charge in [0.25, 0.3) is 0 Å². The van der Waals surface area contributed by atoms with Crippen LogP contribution in [0, 0.1) is 5.92 Å². The first kappa shape index (κ1) is 12.1. The van der Waals surface area contributed by atoms with Crippen LogP contribution in [-0.2, 0) is 19.1 Å². The van der Waals surface area contributed by atoms with Gasteiger partial charge in [0, 0.05) is 6.61 Å². The van der Waals surface area contributed by atoms with Gasteiger partial charge in [0.2, 0.25) is 0 Å². The number of Topliss-reactive ketones (excluding diaryl/α,β-unsaturated/α-hetero) is 1. The zero-order valence-corrected chi connectivity index (χ0v) is 8.33. The summed E-state index contributed by atoms with van der Waals surface area (Å²) >= 11 is 0. The molecule has 0 rings (SSSR count). The third-order valence-electron chi connectivity index (χ3n) is 1.57. The zero-order valence-electron chi connectivity index (χ0n) is 8.33. The van der Waals surface area contributed by atoms with Crippen molar-refractivity contribution in [1.82, 2.24) is 0 Å². The summed E-state index contributed by atoms with van der Waals surface area (Å²) in [5, 5.41) is 0. The summed E-state index contributed by atoms with van der Waals surface area (Å²) < 4.78 is 9.58. The Hall–Kier alpha value is -0.900. The van der Waals surface area contributed by atoms with Crippen LogP contribution in [0.1, 0.15) is 20.8 Å². The summed E-state index contributed by atoms with van der Waals surface area (Å²) in [6, 6.07) is 0.